The molecule has 0 radical (unpaired) electrons. The van der Waals surface area contributed by atoms with Gasteiger partial charge in [-0.15, -0.1) is 0 Å². The van der Waals surface area contributed by atoms with Crippen LogP contribution >= 0.6 is 0 Å². The molecule has 0 saturated carbocycles. The average Bonchev–Trinajstić information content (AvgIpc) is 2.08. The van der Waals surface area contributed by atoms with Crippen molar-refractivity contribution < 1.29 is 0 Å². The molecule has 0 saturated heterocycles. The molecule has 0 heterocycles. The van der Waals surface area contributed by atoms with Crippen molar-refractivity contribution >= 4 is 0 Å². The third kappa shape index (κ3) is 11.9. The Hall–Kier alpha value is -0.120. The van der Waals surface area contributed by atoms with E-state index in [1.807, 2.05) is 0 Å². The highest BCUT2D eigenvalue weighted by Gasteiger charge is 1.93. The average molecular weight is 201 g/mol. The highest BCUT2D eigenvalue weighted by molar-refractivity contribution is 4.57. The molecule has 3 N–H and O–H groups in total. The van der Waals surface area contributed by atoms with Crippen LogP contribution in [0.25, 0.3) is 0 Å². The van der Waals surface area contributed by atoms with Crippen molar-refractivity contribution in [3.05, 3.63) is 0 Å². The van der Waals surface area contributed by atoms with Gasteiger partial charge in [0.2, 0.25) is 0 Å². The number of hydrogen-bond acceptors (Lipinski definition) is 3. The molecule has 86 valence electrons. The lowest BCUT2D eigenvalue weighted by Gasteiger charge is -2.10. The van der Waals surface area contributed by atoms with Gasteiger partial charge in [0, 0.05) is 32.2 Å². The molecule has 3 nitrogen and oxygen atoms in total. The van der Waals surface area contributed by atoms with E-state index >= 15 is 0 Å². The van der Waals surface area contributed by atoms with Crippen LogP contribution in [0.5, 0.6) is 0 Å². The van der Waals surface area contributed by atoms with Gasteiger partial charge in [0.15, 0.2) is 0 Å². The van der Waals surface area contributed by atoms with E-state index in [-0.39, 0.29) is 0 Å². The zero-order valence-electron chi connectivity index (χ0n) is 10.2. The minimum absolute atomic E-state index is 0.593. The Bertz CT molecular complexity index is 99.1. The van der Waals surface area contributed by atoms with Crippen LogP contribution in [0, 0.1) is 5.92 Å². The fourth-order valence-corrected chi connectivity index (χ4v) is 1.14. The lowest BCUT2D eigenvalue weighted by Crippen LogP contribution is -2.35. The maximum Gasteiger partial charge on any atom is 0.00791 e. The van der Waals surface area contributed by atoms with Gasteiger partial charge in [0.1, 0.15) is 0 Å². The third-order valence-electron chi connectivity index (χ3n) is 1.89. The summed E-state index contributed by atoms with van der Waals surface area (Å²) in [7, 11) is 0. The maximum absolute atomic E-state index is 3.40. The van der Waals surface area contributed by atoms with Gasteiger partial charge in [-0.05, 0) is 12.5 Å². The highest BCUT2D eigenvalue weighted by Crippen LogP contribution is 1.85. The third-order valence-corrected chi connectivity index (χ3v) is 1.89. The van der Waals surface area contributed by atoms with Crippen molar-refractivity contribution in [3.63, 3.8) is 0 Å². The minimum atomic E-state index is 0.593. The van der Waals surface area contributed by atoms with Crippen molar-refractivity contribution in [2.45, 2.75) is 33.7 Å². The molecule has 0 aromatic heterocycles. The maximum atomic E-state index is 3.40. The van der Waals surface area contributed by atoms with Gasteiger partial charge in [0.25, 0.3) is 0 Å². The van der Waals surface area contributed by atoms with Crippen LogP contribution in [0.15, 0.2) is 0 Å². The standard InChI is InChI=1S/C11H27N3/c1-10(2)9-13-6-5-12-7-8-14-11(3)4/h10-14H,5-9H2,1-4H3. The quantitative estimate of drug-likeness (QED) is 0.483. The van der Waals surface area contributed by atoms with Crippen LogP contribution < -0.4 is 16.0 Å². The van der Waals surface area contributed by atoms with Gasteiger partial charge >= 0.3 is 0 Å². The van der Waals surface area contributed by atoms with Crippen LogP contribution in [-0.4, -0.2) is 38.8 Å². The Morgan fingerprint density at radius 2 is 1.36 bits per heavy atom. The fourth-order valence-electron chi connectivity index (χ4n) is 1.14. The molecule has 0 aliphatic carbocycles. The first-order valence-corrected chi connectivity index (χ1v) is 5.77. The summed E-state index contributed by atoms with van der Waals surface area (Å²) in [6.07, 6.45) is 0. The van der Waals surface area contributed by atoms with E-state index in [1.54, 1.807) is 0 Å². The predicted octanol–water partition coefficient (Wildman–Crippen LogP) is 0.820. The summed E-state index contributed by atoms with van der Waals surface area (Å²) in [4.78, 5) is 0. The number of hydrogen-bond donors (Lipinski definition) is 3. The van der Waals surface area contributed by atoms with E-state index in [4.69, 9.17) is 0 Å². The monoisotopic (exact) mass is 201 g/mol. The Labute approximate surface area is 89.0 Å². The summed E-state index contributed by atoms with van der Waals surface area (Å²) in [6.45, 7) is 14.2. The summed E-state index contributed by atoms with van der Waals surface area (Å²) in [6, 6.07) is 0.593. The van der Waals surface area contributed by atoms with E-state index in [9.17, 15) is 0 Å². The van der Waals surface area contributed by atoms with Gasteiger partial charge in [-0.3, -0.25) is 0 Å². The minimum Gasteiger partial charge on any atom is -0.315 e. The molecule has 0 aromatic rings. The first-order valence-electron chi connectivity index (χ1n) is 5.77. The van der Waals surface area contributed by atoms with Crippen LogP contribution in [0.3, 0.4) is 0 Å². The molecule has 0 aromatic carbocycles. The van der Waals surface area contributed by atoms with E-state index < -0.39 is 0 Å². The van der Waals surface area contributed by atoms with E-state index in [0.29, 0.717) is 6.04 Å². The lowest BCUT2D eigenvalue weighted by molar-refractivity contribution is 0.520. The molecular formula is C11H27N3. The second-order valence-electron chi connectivity index (χ2n) is 4.46. The van der Waals surface area contributed by atoms with Crippen LogP contribution in [-0.2, 0) is 0 Å². The van der Waals surface area contributed by atoms with Crippen molar-refractivity contribution in [2.75, 3.05) is 32.7 Å². The molecule has 0 aliphatic heterocycles. The number of rotatable bonds is 9. The van der Waals surface area contributed by atoms with Crippen molar-refractivity contribution in [1.82, 2.24) is 16.0 Å². The summed E-state index contributed by atoms with van der Waals surface area (Å²) in [5.41, 5.74) is 0. The second-order valence-corrected chi connectivity index (χ2v) is 4.46. The van der Waals surface area contributed by atoms with E-state index in [1.165, 1.54) is 0 Å². The summed E-state index contributed by atoms with van der Waals surface area (Å²) < 4.78 is 0. The van der Waals surface area contributed by atoms with E-state index in [2.05, 4.69) is 43.6 Å². The largest absolute Gasteiger partial charge is 0.315 e. The summed E-state index contributed by atoms with van der Waals surface area (Å²) >= 11 is 0. The summed E-state index contributed by atoms with van der Waals surface area (Å²) in [5, 5.41) is 10.2. The SMILES string of the molecule is CC(C)CNCCNCCNC(C)C. The molecule has 0 atom stereocenters. The van der Waals surface area contributed by atoms with Gasteiger partial charge in [-0.25, -0.2) is 0 Å². The predicted molar refractivity (Wildman–Crippen MR) is 63.7 cm³/mol. The molecule has 0 rings (SSSR count). The first kappa shape index (κ1) is 13.9. The molecule has 0 aliphatic rings. The van der Waals surface area contributed by atoms with Crippen molar-refractivity contribution in [1.29, 1.82) is 0 Å². The Kier molecular flexibility index (Phi) is 9.35. The van der Waals surface area contributed by atoms with Gasteiger partial charge in [0.05, 0.1) is 0 Å². The van der Waals surface area contributed by atoms with Crippen molar-refractivity contribution in [3.8, 4) is 0 Å². The highest BCUT2D eigenvalue weighted by atomic mass is 15.0. The molecule has 0 fully saturated rings. The Balaban J connectivity index is 2.92. The molecular weight excluding hydrogens is 174 g/mol. The van der Waals surface area contributed by atoms with Crippen LogP contribution in [0.2, 0.25) is 0 Å². The lowest BCUT2D eigenvalue weighted by atomic mass is 10.2. The van der Waals surface area contributed by atoms with Crippen LogP contribution in [0.4, 0.5) is 0 Å². The van der Waals surface area contributed by atoms with Gasteiger partial charge in [-0.1, -0.05) is 27.7 Å². The topological polar surface area (TPSA) is 36.1 Å². The first-order chi connectivity index (χ1) is 6.63. The van der Waals surface area contributed by atoms with E-state index in [0.717, 1.165) is 38.6 Å². The number of nitrogens with one attached hydrogen (secondary N) is 3. The van der Waals surface area contributed by atoms with Crippen molar-refractivity contribution in [2.24, 2.45) is 5.92 Å². The molecule has 0 unspecified atom stereocenters. The Morgan fingerprint density at radius 1 is 0.786 bits per heavy atom. The molecule has 0 amide bonds. The Morgan fingerprint density at radius 3 is 1.93 bits per heavy atom. The normalized spacial score (nSPS) is 11.6. The van der Waals surface area contributed by atoms with Gasteiger partial charge in [-0.2, -0.15) is 0 Å². The zero-order valence-corrected chi connectivity index (χ0v) is 10.2. The van der Waals surface area contributed by atoms with Crippen LogP contribution in [0.1, 0.15) is 27.7 Å². The molecule has 3 heteroatoms. The molecule has 0 spiro atoms. The fraction of sp³-hybridized carbons (Fsp3) is 1.00. The zero-order chi connectivity index (χ0) is 10.8. The molecule has 14 heavy (non-hydrogen) atoms. The van der Waals surface area contributed by atoms with Gasteiger partial charge < -0.3 is 16.0 Å². The second kappa shape index (κ2) is 9.44. The smallest absolute Gasteiger partial charge is 0.00791 e. The summed E-state index contributed by atoms with van der Waals surface area (Å²) in [5.74, 6) is 0.748. The molecule has 0 bridgehead atoms.